The third kappa shape index (κ3) is 4.51. The zero-order valence-electron chi connectivity index (χ0n) is 15.9. The van der Waals surface area contributed by atoms with Crippen LogP contribution in [0.5, 0.6) is 5.75 Å². The molecule has 0 bridgehead atoms. The molecule has 1 aliphatic carbocycles. The lowest BCUT2D eigenvalue weighted by molar-refractivity contribution is 0.223. The highest BCUT2D eigenvalue weighted by molar-refractivity contribution is 5.85. The van der Waals surface area contributed by atoms with Gasteiger partial charge in [-0.1, -0.05) is 36.2 Å². The lowest BCUT2D eigenvalue weighted by Crippen LogP contribution is -2.44. The molecule has 1 saturated carbocycles. The molecule has 28 heavy (non-hydrogen) atoms. The van der Waals surface area contributed by atoms with Crippen molar-refractivity contribution < 1.29 is 9.26 Å². The Hall–Kier alpha value is -2.44. The number of hydrogen-bond donors (Lipinski definition) is 1. The van der Waals surface area contributed by atoms with Crippen molar-refractivity contribution in [3.8, 4) is 17.1 Å². The van der Waals surface area contributed by atoms with Crippen LogP contribution >= 0.6 is 12.4 Å². The Morgan fingerprint density at radius 2 is 2.14 bits per heavy atom. The average molecular weight is 401 g/mol. The third-order valence-electron chi connectivity index (χ3n) is 5.21. The minimum Gasteiger partial charge on any atom is -0.489 e. The molecular formula is C21H25ClN4O2. The number of benzene rings is 1. The fourth-order valence-corrected chi connectivity index (χ4v) is 3.63. The van der Waals surface area contributed by atoms with Crippen LogP contribution in [0.15, 0.2) is 53.3 Å². The second kappa shape index (κ2) is 8.71. The molecule has 2 heterocycles. The van der Waals surface area contributed by atoms with E-state index in [4.69, 9.17) is 15.0 Å². The molecule has 4 rings (SSSR count). The van der Waals surface area contributed by atoms with E-state index in [0.717, 1.165) is 42.6 Å². The number of pyridine rings is 1. The summed E-state index contributed by atoms with van der Waals surface area (Å²) in [5.41, 5.74) is 8.06. The monoisotopic (exact) mass is 400 g/mol. The van der Waals surface area contributed by atoms with Crippen LogP contribution in [0.1, 0.15) is 50.0 Å². The van der Waals surface area contributed by atoms with E-state index in [1.165, 1.54) is 0 Å². The highest BCUT2D eigenvalue weighted by atomic mass is 35.5. The SMILES string of the molecule is CC1(N)CCCCC1c1nc(-c2cccc(OCc3cccnc3)c2)no1.Cl. The minimum absolute atomic E-state index is 0. The topological polar surface area (TPSA) is 87.1 Å². The molecule has 7 heteroatoms. The quantitative estimate of drug-likeness (QED) is 0.678. The van der Waals surface area contributed by atoms with Crippen molar-refractivity contribution in [2.75, 3.05) is 0 Å². The van der Waals surface area contributed by atoms with Crippen LogP contribution in [0.3, 0.4) is 0 Å². The van der Waals surface area contributed by atoms with Gasteiger partial charge in [-0.05, 0) is 38.0 Å². The van der Waals surface area contributed by atoms with Gasteiger partial charge in [0.15, 0.2) is 0 Å². The number of nitrogens with two attached hydrogens (primary N) is 1. The molecule has 0 spiro atoms. The summed E-state index contributed by atoms with van der Waals surface area (Å²) in [6.07, 6.45) is 7.81. The van der Waals surface area contributed by atoms with Gasteiger partial charge in [-0.2, -0.15) is 4.98 Å². The van der Waals surface area contributed by atoms with E-state index in [-0.39, 0.29) is 23.9 Å². The van der Waals surface area contributed by atoms with Crippen molar-refractivity contribution in [3.63, 3.8) is 0 Å². The van der Waals surface area contributed by atoms with Crippen LogP contribution < -0.4 is 10.5 Å². The molecule has 6 nitrogen and oxygen atoms in total. The molecule has 0 aliphatic heterocycles. The molecule has 148 valence electrons. The van der Waals surface area contributed by atoms with Gasteiger partial charge in [0.2, 0.25) is 11.7 Å². The lowest BCUT2D eigenvalue weighted by atomic mass is 9.74. The van der Waals surface area contributed by atoms with Crippen LogP contribution in [-0.2, 0) is 6.61 Å². The third-order valence-corrected chi connectivity index (χ3v) is 5.21. The normalized spacial score (nSPS) is 21.7. The van der Waals surface area contributed by atoms with E-state index in [9.17, 15) is 0 Å². The van der Waals surface area contributed by atoms with E-state index < -0.39 is 0 Å². The van der Waals surface area contributed by atoms with Gasteiger partial charge in [0.05, 0.1) is 5.92 Å². The van der Waals surface area contributed by atoms with Gasteiger partial charge in [0.25, 0.3) is 0 Å². The lowest BCUT2D eigenvalue weighted by Gasteiger charge is -2.35. The van der Waals surface area contributed by atoms with E-state index in [1.807, 2.05) is 36.4 Å². The summed E-state index contributed by atoms with van der Waals surface area (Å²) >= 11 is 0. The van der Waals surface area contributed by atoms with Crippen LogP contribution in [0, 0.1) is 0 Å². The molecule has 1 aliphatic rings. The number of nitrogens with zero attached hydrogens (tertiary/aromatic N) is 3. The van der Waals surface area contributed by atoms with E-state index in [0.29, 0.717) is 18.3 Å². The van der Waals surface area contributed by atoms with Crippen LogP contribution in [0.2, 0.25) is 0 Å². The van der Waals surface area contributed by atoms with Crippen molar-refractivity contribution in [1.29, 1.82) is 0 Å². The number of aromatic nitrogens is 3. The van der Waals surface area contributed by atoms with Crippen LogP contribution in [-0.4, -0.2) is 20.7 Å². The highest BCUT2D eigenvalue weighted by Gasteiger charge is 2.37. The molecule has 1 aromatic carbocycles. The summed E-state index contributed by atoms with van der Waals surface area (Å²) in [6.45, 7) is 2.54. The van der Waals surface area contributed by atoms with Crippen molar-refractivity contribution in [2.45, 2.75) is 50.7 Å². The maximum Gasteiger partial charge on any atom is 0.231 e. The van der Waals surface area contributed by atoms with E-state index in [1.54, 1.807) is 12.4 Å². The van der Waals surface area contributed by atoms with Gasteiger partial charge >= 0.3 is 0 Å². The van der Waals surface area contributed by atoms with Crippen molar-refractivity contribution in [3.05, 3.63) is 60.2 Å². The molecule has 3 aromatic rings. The maximum atomic E-state index is 6.47. The van der Waals surface area contributed by atoms with Crippen molar-refractivity contribution in [1.82, 2.24) is 15.1 Å². The molecule has 0 radical (unpaired) electrons. The summed E-state index contributed by atoms with van der Waals surface area (Å²) in [5.74, 6) is 2.07. The molecule has 0 saturated heterocycles. The molecule has 2 unspecified atom stereocenters. The van der Waals surface area contributed by atoms with Gasteiger partial charge in [0.1, 0.15) is 12.4 Å². The Bertz CT molecular complexity index is 898. The smallest absolute Gasteiger partial charge is 0.231 e. The van der Waals surface area contributed by atoms with Gasteiger partial charge in [-0.15, -0.1) is 12.4 Å². The van der Waals surface area contributed by atoms with Crippen LogP contribution in [0.25, 0.3) is 11.4 Å². The van der Waals surface area contributed by atoms with Gasteiger partial charge in [0, 0.05) is 29.1 Å². The standard InChI is InChI=1S/C21H24N4O2.ClH/c1-21(22)10-3-2-9-18(21)20-24-19(25-27-20)16-7-4-8-17(12-16)26-14-15-6-5-11-23-13-15;/h4-8,11-13,18H,2-3,9-10,14,22H2,1H3;1H. The second-order valence-electron chi connectivity index (χ2n) is 7.44. The molecule has 2 aromatic heterocycles. The predicted molar refractivity (Wildman–Crippen MR) is 109 cm³/mol. The Morgan fingerprint density at radius 1 is 1.25 bits per heavy atom. The summed E-state index contributed by atoms with van der Waals surface area (Å²) in [6, 6.07) is 11.6. The van der Waals surface area contributed by atoms with Crippen LogP contribution in [0.4, 0.5) is 0 Å². The summed E-state index contributed by atoms with van der Waals surface area (Å²) in [4.78, 5) is 8.73. The minimum atomic E-state index is -0.295. The Kier molecular flexibility index (Phi) is 6.31. The number of halogens is 1. The number of ether oxygens (including phenoxy) is 1. The molecule has 2 N–H and O–H groups in total. The zero-order chi connectivity index (χ0) is 18.7. The van der Waals surface area contributed by atoms with Gasteiger partial charge in [-0.25, -0.2) is 0 Å². The van der Waals surface area contributed by atoms with Gasteiger partial charge < -0.3 is 15.0 Å². The molecule has 2 atom stereocenters. The first-order valence-electron chi connectivity index (χ1n) is 9.36. The first-order chi connectivity index (χ1) is 13.1. The fourth-order valence-electron chi connectivity index (χ4n) is 3.63. The fraction of sp³-hybridized carbons (Fsp3) is 0.381. The van der Waals surface area contributed by atoms with E-state index >= 15 is 0 Å². The summed E-state index contributed by atoms with van der Waals surface area (Å²) in [5, 5.41) is 4.18. The summed E-state index contributed by atoms with van der Waals surface area (Å²) in [7, 11) is 0. The zero-order valence-corrected chi connectivity index (χ0v) is 16.7. The molecular weight excluding hydrogens is 376 g/mol. The van der Waals surface area contributed by atoms with Gasteiger partial charge in [-0.3, -0.25) is 4.98 Å². The number of hydrogen-bond acceptors (Lipinski definition) is 6. The largest absolute Gasteiger partial charge is 0.489 e. The van der Waals surface area contributed by atoms with Crippen molar-refractivity contribution in [2.24, 2.45) is 5.73 Å². The Morgan fingerprint density at radius 3 is 2.93 bits per heavy atom. The Balaban J connectivity index is 0.00000225. The second-order valence-corrected chi connectivity index (χ2v) is 7.44. The average Bonchev–Trinajstić information content (AvgIpc) is 3.17. The molecule has 0 amide bonds. The number of rotatable bonds is 5. The van der Waals surface area contributed by atoms with E-state index in [2.05, 4.69) is 22.0 Å². The maximum absolute atomic E-state index is 6.47. The van der Waals surface area contributed by atoms with Crippen molar-refractivity contribution >= 4 is 12.4 Å². The Labute approximate surface area is 170 Å². The first-order valence-corrected chi connectivity index (χ1v) is 9.36. The molecule has 1 fully saturated rings. The first kappa shape index (κ1) is 20.3. The predicted octanol–water partition coefficient (Wildman–Crippen LogP) is 4.51. The summed E-state index contributed by atoms with van der Waals surface area (Å²) < 4.78 is 11.4. The highest BCUT2D eigenvalue weighted by Crippen LogP contribution is 2.38.